The Balaban J connectivity index is 1.23. The van der Waals surface area contributed by atoms with Crippen LogP contribution in [0.2, 0.25) is 0 Å². The first kappa shape index (κ1) is 43.5. The molecule has 0 bridgehead atoms. The van der Waals surface area contributed by atoms with Crippen molar-refractivity contribution in [1.29, 1.82) is 0 Å². The second kappa shape index (κ2) is 14.6. The largest absolute Gasteiger partial charge is 0.311 e. The highest BCUT2D eigenvalue weighted by Gasteiger charge is 2.48. The molecule has 0 saturated heterocycles. The van der Waals surface area contributed by atoms with Gasteiger partial charge in [-0.2, -0.15) is 0 Å². The highest BCUT2D eigenvalue weighted by Crippen LogP contribution is 2.55. The minimum atomic E-state index is 0.0673. The zero-order chi connectivity index (χ0) is 46.7. The number of thiophene rings is 1. The maximum Gasteiger partial charge on any atom is 0.252 e. The van der Waals surface area contributed by atoms with Gasteiger partial charge in [0.25, 0.3) is 6.71 Å². The van der Waals surface area contributed by atoms with Crippen molar-refractivity contribution in [3.8, 4) is 0 Å². The molecule has 0 unspecified atom stereocenters. The van der Waals surface area contributed by atoms with E-state index in [-0.39, 0.29) is 33.8 Å². The van der Waals surface area contributed by atoms with Gasteiger partial charge in [-0.05, 0) is 182 Å². The first-order valence-electron chi connectivity index (χ1n) is 25.9. The number of rotatable bonds is 3. The minimum absolute atomic E-state index is 0.0673. The van der Waals surface area contributed by atoms with Gasteiger partial charge in [0.1, 0.15) is 0 Å². The fourth-order valence-electron chi connectivity index (χ4n) is 13.6. The zero-order valence-corrected chi connectivity index (χ0v) is 43.4. The minimum Gasteiger partial charge on any atom is -0.311 e. The molecule has 3 aliphatic carbocycles. The molecular formula is C63H71BN2S. The van der Waals surface area contributed by atoms with Crippen LogP contribution in [0.25, 0.3) is 20.2 Å². The van der Waals surface area contributed by atoms with Gasteiger partial charge in [-0.25, -0.2) is 0 Å². The molecule has 0 atom stereocenters. The van der Waals surface area contributed by atoms with Crippen LogP contribution in [-0.4, -0.2) is 6.71 Å². The molecule has 67 heavy (non-hydrogen) atoms. The van der Waals surface area contributed by atoms with Crippen molar-refractivity contribution in [2.24, 2.45) is 0 Å². The predicted molar refractivity (Wildman–Crippen MR) is 293 cm³/mol. The second-order valence-electron chi connectivity index (χ2n) is 25.4. The summed E-state index contributed by atoms with van der Waals surface area (Å²) in [6.07, 6.45) is 11.3. The molecule has 2 nitrogen and oxygen atoms in total. The molecule has 6 aromatic carbocycles. The highest BCUT2D eigenvalue weighted by molar-refractivity contribution is 7.26. The summed E-state index contributed by atoms with van der Waals surface area (Å²) < 4.78 is 2.77. The molecule has 3 heterocycles. The lowest BCUT2D eigenvalue weighted by atomic mass is 9.33. The Morgan fingerprint density at radius 1 is 0.552 bits per heavy atom. The van der Waals surface area contributed by atoms with Gasteiger partial charge in [0.05, 0.1) is 10.4 Å². The molecule has 1 saturated carbocycles. The Labute approximate surface area is 406 Å². The molecule has 1 fully saturated rings. The van der Waals surface area contributed by atoms with E-state index in [1.54, 1.807) is 5.56 Å². The van der Waals surface area contributed by atoms with Crippen molar-refractivity contribution in [2.75, 3.05) is 9.80 Å². The van der Waals surface area contributed by atoms with Crippen molar-refractivity contribution < 1.29 is 0 Å². The van der Waals surface area contributed by atoms with E-state index >= 15 is 0 Å². The van der Waals surface area contributed by atoms with Crippen LogP contribution in [0.4, 0.5) is 34.1 Å². The summed E-state index contributed by atoms with van der Waals surface area (Å²) in [5, 5.41) is 2.76. The van der Waals surface area contributed by atoms with Crippen molar-refractivity contribution in [2.45, 2.75) is 174 Å². The van der Waals surface area contributed by atoms with Gasteiger partial charge in [-0.3, -0.25) is 0 Å². The third-order valence-electron chi connectivity index (χ3n) is 18.1. The van der Waals surface area contributed by atoms with Crippen molar-refractivity contribution in [1.82, 2.24) is 0 Å². The summed E-state index contributed by atoms with van der Waals surface area (Å²) in [6.45, 7) is 29.4. The highest BCUT2D eigenvalue weighted by atomic mass is 32.1. The number of benzene rings is 6. The van der Waals surface area contributed by atoms with Crippen LogP contribution in [-0.2, 0) is 27.1 Å². The maximum atomic E-state index is 2.78. The molecule has 0 radical (unpaired) electrons. The molecule has 4 heteroatoms. The first-order valence-corrected chi connectivity index (χ1v) is 26.7. The fraction of sp³-hybridized carbons (Fsp3) is 0.429. The lowest BCUT2D eigenvalue weighted by Crippen LogP contribution is -2.62. The first-order chi connectivity index (χ1) is 31.7. The molecule has 7 aromatic rings. The number of aryl methyl sites for hydroxylation is 1. The van der Waals surface area contributed by atoms with E-state index in [9.17, 15) is 0 Å². The van der Waals surface area contributed by atoms with Crippen molar-refractivity contribution in [3.63, 3.8) is 0 Å². The average molecular weight is 899 g/mol. The summed E-state index contributed by atoms with van der Waals surface area (Å²) in [4.78, 5) is 5.53. The smallest absolute Gasteiger partial charge is 0.252 e. The van der Waals surface area contributed by atoms with Crippen LogP contribution >= 0.6 is 11.3 Å². The second-order valence-corrected chi connectivity index (χ2v) is 26.4. The molecule has 5 aliphatic rings. The maximum absolute atomic E-state index is 2.78. The summed E-state index contributed by atoms with van der Waals surface area (Å²) >= 11 is 2.00. The molecule has 0 spiro atoms. The molecular weight excluding hydrogens is 828 g/mol. The van der Waals surface area contributed by atoms with E-state index in [0.29, 0.717) is 5.92 Å². The number of hydrogen-bond donors (Lipinski definition) is 0. The molecule has 1 aromatic heterocycles. The lowest BCUT2D eigenvalue weighted by molar-refractivity contribution is 0.332. The number of anilines is 6. The van der Waals surface area contributed by atoms with E-state index in [0.717, 1.165) is 0 Å². The van der Waals surface area contributed by atoms with Gasteiger partial charge in [0, 0.05) is 43.9 Å². The van der Waals surface area contributed by atoms with E-state index in [4.69, 9.17) is 0 Å². The van der Waals surface area contributed by atoms with Gasteiger partial charge < -0.3 is 9.80 Å². The van der Waals surface area contributed by atoms with E-state index in [1.165, 1.54) is 162 Å². The summed E-state index contributed by atoms with van der Waals surface area (Å²) in [5.41, 5.74) is 23.3. The molecule has 342 valence electrons. The van der Waals surface area contributed by atoms with Crippen LogP contribution in [0.1, 0.15) is 179 Å². The van der Waals surface area contributed by atoms with Gasteiger partial charge in [-0.1, -0.05) is 144 Å². The Bertz CT molecular complexity index is 3200. The van der Waals surface area contributed by atoms with Gasteiger partial charge >= 0.3 is 0 Å². The Kier molecular flexibility index (Phi) is 9.48. The van der Waals surface area contributed by atoms with Crippen LogP contribution in [0, 0.1) is 6.92 Å². The molecule has 12 rings (SSSR count). The monoisotopic (exact) mass is 899 g/mol. The van der Waals surface area contributed by atoms with Crippen molar-refractivity contribution in [3.05, 3.63) is 136 Å². The normalized spacial score (nSPS) is 20.0. The third kappa shape index (κ3) is 6.53. The van der Waals surface area contributed by atoms with Crippen LogP contribution in [0.15, 0.2) is 97.1 Å². The third-order valence-corrected chi connectivity index (χ3v) is 19.2. The predicted octanol–water partition coefficient (Wildman–Crippen LogP) is 16.5. The van der Waals surface area contributed by atoms with E-state index in [2.05, 4.69) is 190 Å². The number of nitrogens with zero attached hydrogens (tertiary/aromatic N) is 2. The molecule has 0 N–H and O–H groups in total. The zero-order valence-electron chi connectivity index (χ0n) is 42.6. The van der Waals surface area contributed by atoms with E-state index in [1.807, 2.05) is 11.3 Å². The number of fused-ring (bicyclic) bond motifs is 10. The lowest BCUT2D eigenvalue weighted by Gasteiger charge is -2.48. The van der Waals surface area contributed by atoms with Gasteiger partial charge in [0.2, 0.25) is 0 Å². The van der Waals surface area contributed by atoms with Crippen LogP contribution in [0.3, 0.4) is 0 Å². The van der Waals surface area contributed by atoms with Crippen LogP contribution in [0.5, 0.6) is 0 Å². The topological polar surface area (TPSA) is 6.48 Å². The van der Waals surface area contributed by atoms with Crippen molar-refractivity contribution >= 4 is 88.7 Å². The summed E-state index contributed by atoms with van der Waals surface area (Å²) in [7, 11) is 0. The van der Waals surface area contributed by atoms with Gasteiger partial charge in [0.15, 0.2) is 0 Å². The molecule has 0 amide bonds. The fourth-order valence-corrected chi connectivity index (χ4v) is 14.8. The van der Waals surface area contributed by atoms with Crippen LogP contribution < -0.4 is 26.2 Å². The van der Waals surface area contributed by atoms with Gasteiger partial charge in [-0.15, -0.1) is 11.3 Å². The molecule has 2 aliphatic heterocycles. The quantitative estimate of drug-likeness (QED) is 0.163. The SMILES string of the molecule is Cc1ccccc1N1c2cc(C3CCCCC3)cc3c2B(c2cc4c(cc2N3c2ccc3c(c2)C(C)(C)CCC3(C)C)C(C)(C)CCC4(C)C)c2ccc3c(sc4ccc(C(C)(C)C)cc43)c21. The Hall–Kier alpha value is -4.80. The standard InChI is InChI=1S/C63H71BN2S/c1-38-18-16-17-21-51(38)66-54-33-40(39-19-14-13-15-20-39)32-53-56(54)64(49-26-24-43-44-34-41(59(2,3)4)22-27-55(44)67-58(43)57(49)66)50-36-47-48(63(11,12)31-30-62(47,9)10)37-52(50)65(53)42-23-25-45-46(35-42)61(7,8)29-28-60(45,5)6/h16-18,21-27,32-37,39H,13-15,19-20,28-31H2,1-12H3. The van der Waals surface area contributed by atoms with E-state index < -0.39 is 0 Å². The summed E-state index contributed by atoms with van der Waals surface area (Å²) in [5.74, 6) is 0.541. The average Bonchev–Trinajstić information content (AvgIpc) is 3.68. The number of para-hydroxylation sites is 1. The Morgan fingerprint density at radius 2 is 1.18 bits per heavy atom. The summed E-state index contributed by atoms with van der Waals surface area (Å²) in [6, 6.07) is 40.0. The number of hydrogen-bond acceptors (Lipinski definition) is 3. The Morgan fingerprint density at radius 3 is 1.85 bits per heavy atom.